The van der Waals surface area contributed by atoms with Crippen LogP contribution in [0, 0.1) is 6.92 Å². The van der Waals surface area contributed by atoms with Gasteiger partial charge >= 0.3 is 0 Å². The van der Waals surface area contributed by atoms with Crippen molar-refractivity contribution < 1.29 is 8.42 Å². The van der Waals surface area contributed by atoms with Crippen molar-refractivity contribution in [3.05, 3.63) is 75.3 Å². The number of thiazole rings is 1. The standard InChI is InChI=1S/C30H41N3O2S2/c1-20(2)25-17-27(21(3)4)29(28(18-25)22(5)6)37(34,35)33-14-12-32(13-15-33)30-31-26(19-36-30)16-24-11-9-8-10-23(24)7/h8-11,17-22H,12-16H2,1-7H3. The number of aryl methyl sites for hydroxylation is 1. The normalized spacial score (nSPS) is 15.4. The molecule has 1 aliphatic heterocycles. The van der Waals surface area contributed by atoms with E-state index in [1.165, 1.54) is 16.7 Å². The Kier molecular flexibility index (Phi) is 8.46. The van der Waals surface area contributed by atoms with Crippen LogP contribution >= 0.6 is 11.3 Å². The second-order valence-corrected chi connectivity index (χ2v) is 13.8. The summed E-state index contributed by atoms with van der Waals surface area (Å²) in [7, 11) is -3.61. The lowest BCUT2D eigenvalue weighted by Crippen LogP contribution is -2.49. The third-order valence-corrected chi connectivity index (χ3v) is 10.3. The van der Waals surface area contributed by atoms with Crippen LogP contribution in [-0.2, 0) is 16.4 Å². The van der Waals surface area contributed by atoms with Crippen LogP contribution in [0.4, 0.5) is 5.13 Å². The molecule has 4 rings (SSSR count). The van der Waals surface area contributed by atoms with Crippen molar-refractivity contribution in [2.45, 2.75) is 77.5 Å². The molecule has 0 aliphatic carbocycles. The molecule has 0 radical (unpaired) electrons. The zero-order valence-electron chi connectivity index (χ0n) is 23.3. The lowest BCUT2D eigenvalue weighted by Gasteiger charge is -2.35. The summed E-state index contributed by atoms with van der Waals surface area (Å²) >= 11 is 1.65. The molecule has 0 bridgehead atoms. The minimum absolute atomic E-state index is 0.129. The summed E-state index contributed by atoms with van der Waals surface area (Å²) < 4.78 is 29.9. The van der Waals surface area contributed by atoms with Crippen LogP contribution in [0.2, 0.25) is 0 Å². The number of sulfonamides is 1. The predicted molar refractivity (Wildman–Crippen MR) is 156 cm³/mol. The van der Waals surface area contributed by atoms with E-state index in [2.05, 4.69) is 95.1 Å². The molecule has 0 atom stereocenters. The van der Waals surface area contributed by atoms with Gasteiger partial charge in [0.05, 0.1) is 10.6 Å². The first-order chi connectivity index (χ1) is 17.5. The number of aromatic nitrogens is 1. The lowest BCUT2D eigenvalue weighted by molar-refractivity contribution is 0.383. The van der Waals surface area contributed by atoms with E-state index < -0.39 is 10.0 Å². The third kappa shape index (κ3) is 5.94. The summed E-state index contributed by atoms with van der Waals surface area (Å²) in [5.41, 5.74) is 6.73. The minimum atomic E-state index is -3.61. The Morgan fingerprint density at radius 3 is 2.03 bits per heavy atom. The van der Waals surface area contributed by atoms with Gasteiger partial charge in [0.25, 0.3) is 0 Å². The Bertz CT molecular complexity index is 1310. The molecular weight excluding hydrogens is 498 g/mol. The topological polar surface area (TPSA) is 53.5 Å². The number of hydrogen-bond donors (Lipinski definition) is 0. The van der Waals surface area contributed by atoms with Crippen molar-refractivity contribution in [1.29, 1.82) is 0 Å². The maximum atomic E-state index is 14.1. The largest absolute Gasteiger partial charge is 0.345 e. The minimum Gasteiger partial charge on any atom is -0.345 e. The van der Waals surface area contributed by atoms with Gasteiger partial charge in [-0.15, -0.1) is 11.3 Å². The molecule has 2 aromatic carbocycles. The number of nitrogens with zero attached hydrogens (tertiary/aromatic N) is 3. The Hall–Kier alpha value is -2.22. The summed E-state index contributed by atoms with van der Waals surface area (Å²) in [5.74, 6) is 0.609. The maximum absolute atomic E-state index is 14.1. The maximum Gasteiger partial charge on any atom is 0.243 e. The molecule has 1 aliphatic rings. The first-order valence-corrected chi connectivity index (χ1v) is 15.7. The molecule has 0 spiro atoms. The Labute approximate surface area is 227 Å². The van der Waals surface area contributed by atoms with Crippen molar-refractivity contribution in [1.82, 2.24) is 9.29 Å². The predicted octanol–water partition coefficient (Wildman–Crippen LogP) is 6.92. The molecule has 37 heavy (non-hydrogen) atoms. The smallest absolute Gasteiger partial charge is 0.243 e. The van der Waals surface area contributed by atoms with E-state index >= 15 is 0 Å². The Balaban J connectivity index is 1.54. The van der Waals surface area contributed by atoms with Crippen LogP contribution in [-0.4, -0.2) is 43.9 Å². The summed E-state index contributed by atoms with van der Waals surface area (Å²) in [5, 5.41) is 3.11. The molecule has 0 N–H and O–H groups in total. The van der Waals surface area contributed by atoms with Gasteiger partial charge < -0.3 is 4.90 Å². The van der Waals surface area contributed by atoms with Gasteiger partial charge in [-0.2, -0.15) is 4.31 Å². The van der Waals surface area contributed by atoms with Crippen molar-refractivity contribution in [3.63, 3.8) is 0 Å². The molecule has 3 aromatic rings. The second kappa shape index (κ2) is 11.3. The number of benzene rings is 2. The van der Waals surface area contributed by atoms with Crippen LogP contribution in [0.1, 0.15) is 92.8 Å². The second-order valence-electron chi connectivity index (χ2n) is 11.1. The van der Waals surface area contributed by atoms with Gasteiger partial charge in [-0.05, 0) is 52.5 Å². The highest BCUT2D eigenvalue weighted by molar-refractivity contribution is 7.89. The molecule has 1 aromatic heterocycles. The van der Waals surface area contributed by atoms with Crippen molar-refractivity contribution >= 4 is 26.5 Å². The van der Waals surface area contributed by atoms with Gasteiger partial charge in [0, 0.05) is 38.0 Å². The fraction of sp³-hybridized carbons (Fsp3) is 0.500. The van der Waals surface area contributed by atoms with Crippen LogP contribution in [0.15, 0.2) is 46.7 Å². The molecule has 7 heteroatoms. The SMILES string of the molecule is Cc1ccccc1Cc1csc(N2CCN(S(=O)(=O)c3c(C(C)C)cc(C(C)C)cc3C(C)C)CC2)n1. The molecular formula is C30H41N3O2S2. The summed E-state index contributed by atoms with van der Waals surface area (Å²) in [4.78, 5) is 7.65. The van der Waals surface area contributed by atoms with Crippen LogP contribution in [0.3, 0.4) is 0 Å². The summed E-state index contributed by atoms with van der Waals surface area (Å²) in [6.07, 6.45) is 0.819. The van der Waals surface area contributed by atoms with E-state index in [4.69, 9.17) is 4.98 Å². The van der Waals surface area contributed by atoms with Gasteiger partial charge in [0.1, 0.15) is 0 Å². The highest BCUT2D eigenvalue weighted by Crippen LogP contribution is 2.37. The van der Waals surface area contributed by atoms with Gasteiger partial charge in [0.2, 0.25) is 10.0 Å². The monoisotopic (exact) mass is 539 g/mol. The number of anilines is 1. The molecule has 1 saturated heterocycles. The van der Waals surface area contributed by atoms with E-state index in [1.54, 1.807) is 15.6 Å². The van der Waals surface area contributed by atoms with Gasteiger partial charge in [0.15, 0.2) is 5.13 Å². The van der Waals surface area contributed by atoms with E-state index in [0.29, 0.717) is 37.0 Å². The van der Waals surface area contributed by atoms with Gasteiger partial charge in [-0.25, -0.2) is 13.4 Å². The average molecular weight is 540 g/mol. The third-order valence-electron chi connectivity index (χ3n) is 7.36. The van der Waals surface area contributed by atoms with Crippen molar-refractivity contribution in [3.8, 4) is 0 Å². The first-order valence-electron chi connectivity index (χ1n) is 13.4. The van der Waals surface area contributed by atoms with Crippen molar-refractivity contribution in [2.75, 3.05) is 31.1 Å². The van der Waals surface area contributed by atoms with Gasteiger partial charge in [-0.3, -0.25) is 0 Å². The van der Waals surface area contributed by atoms with E-state index in [-0.39, 0.29) is 11.8 Å². The van der Waals surface area contributed by atoms with E-state index in [1.807, 2.05) is 0 Å². The van der Waals surface area contributed by atoms with Crippen LogP contribution in [0.5, 0.6) is 0 Å². The first kappa shape index (κ1) is 27.8. The molecule has 0 amide bonds. The molecule has 200 valence electrons. The molecule has 2 heterocycles. The van der Waals surface area contributed by atoms with E-state index in [9.17, 15) is 8.42 Å². The highest BCUT2D eigenvalue weighted by atomic mass is 32.2. The molecule has 0 saturated carbocycles. The Morgan fingerprint density at radius 2 is 1.49 bits per heavy atom. The zero-order valence-corrected chi connectivity index (χ0v) is 24.9. The van der Waals surface area contributed by atoms with Crippen LogP contribution < -0.4 is 4.90 Å². The lowest BCUT2D eigenvalue weighted by atomic mass is 9.89. The molecule has 0 unspecified atom stereocenters. The number of rotatable bonds is 8. The van der Waals surface area contributed by atoms with E-state index in [0.717, 1.165) is 28.4 Å². The van der Waals surface area contributed by atoms with Crippen molar-refractivity contribution in [2.24, 2.45) is 0 Å². The number of piperazine rings is 1. The Morgan fingerprint density at radius 1 is 0.892 bits per heavy atom. The quantitative estimate of drug-likeness (QED) is 0.312. The molecule has 5 nitrogen and oxygen atoms in total. The van der Waals surface area contributed by atoms with Gasteiger partial charge in [-0.1, -0.05) is 77.9 Å². The van der Waals surface area contributed by atoms with Crippen LogP contribution in [0.25, 0.3) is 0 Å². The zero-order chi connectivity index (χ0) is 26.9. The molecule has 1 fully saturated rings. The highest BCUT2D eigenvalue weighted by Gasteiger charge is 2.34. The average Bonchev–Trinajstić information content (AvgIpc) is 3.33. The fourth-order valence-electron chi connectivity index (χ4n) is 4.96. The summed E-state index contributed by atoms with van der Waals surface area (Å²) in [6, 6.07) is 12.7. The number of hydrogen-bond acceptors (Lipinski definition) is 5. The summed E-state index contributed by atoms with van der Waals surface area (Å²) in [6.45, 7) is 17.1. The fourth-order valence-corrected chi connectivity index (χ4v) is 7.93.